The number of carboxylic acid groups (broad SMARTS) is 1. The van der Waals surface area contributed by atoms with Crippen molar-refractivity contribution in [3.63, 3.8) is 0 Å². The molecule has 0 aromatic heterocycles. The van der Waals surface area contributed by atoms with Gasteiger partial charge < -0.3 is 0 Å². The normalized spacial score (nSPS) is 24.1. The van der Waals surface area contributed by atoms with Crippen molar-refractivity contribution < 1.29 is 56.5 Å². The van der Waals surface area contributed by atoms with Crippen LogP contribution in [0, 0.1) is 0 Å². The first kappa shape index (κ1) is 13.8. The maximum absolute atomic E-state index is 11.0. The van der Waals surface area contributed by atoms with E-state index in [4.69, 9.17) is 5.11 Å². The predicted octanol–water partition coefficient (Wildman–Crippen LogP) is -2.01. The molecule has 0 saturated carbocycles. The topological polar surface area (TPSA) is 169 Å². The molecule has 0 amide bonds. The van der Waals surface area contributed by atoms with Crippen LogP contribution in [-0.4, -0.2) is 47.3 Å². The summed E-state index contributed by atoms with van der Waals surface area (Å²) in [6.45, 7) is -1.34. The van der Waals surface area contributed by atoms with Gasteiger partial charge in [0.2, 0.25) is 0 Å². The van der Waals surface area contributed by atoms with Crippen molar-refractivity contribution in [1.82, 2.24) is 0 Å². The van der Waals surface area contributed by atoms with E-state index in [0.717, 1.165) is 0 Å². The van der Waals surface area contributed by atoms with Gasteiger partial charge >= 0.3 is 106 Å². The van der Waals surface area contributed by atoms with Crippen LogP contribution in [0.4, 0.5) is 0 Å². The minimum atomic E-state index is -5.75. The van der Waals surface area contributed by atoms with Gasteiger partial charge in [0.25, 0.3) is 0 Å². The van der Waals surface area contributed by atoms with Crippen molar-refractivity contribution in [3.8, 4) is 0 Å². The summed E-state index contributed by atoms with van der Waals surface area (Å²) in [7, 11) is -5.75. The molecular weight excluding hydrogens is 307 g/mol. The third kappa shape index (κ3) is 1.96. The van der Waals surface area contributed by atoms with Gasteiger partial charge in [-0.25, -0.2) is 0 Å². The second-order valence-electron chi connectivity index (χ2n) is 3.26. The first-order chi connectivity index (χ1) is 9.16. The fourth-order valence-electron chi connectivity index (χ4n) is 1.13. The Morgan fingerprint density at radius 3 is 1.55 bits per heavy atom. The van der Waals surface area contributed by atoms with Crippen LogP contribution in [0.3, 0.4) is 0 Å². The molecule has 2 aliphatic heterocycles. The summed E-state index contributed by atoms with van der Waals surface area (Å²) in [4.78, 5) is 65.2. The van der Waals surface area contributed by atoms with Crippen molar-refractivity contribution in [2.45, 2.75) is 0 Å². The van der Waals surface area contributed by atoms with E-state index >= 15 is 0 Å². The van der Waals surface area contributed by atoms with Crippen LogP contribution in [-0.2, 0) is 51.4 Å². The third-order valence-electron chi connectivity index (χ3n) is 1.91. The summed E-state index contributed by atoms with van der Waals surface area (Å²) in [6.07, 6.45) is 0. The first-order valence-corrected chi connectivity index (χ1v) is 6.40. The van der Waals surface area contributed by atoms with E-state index in [2.05, 4.69) is 22.6 Å². The molecule has 1 spiro atoms. The Morgan fingerprint density at radius 1 is 0.900 bits per heavy atom. The predicted molar refractivity (Wildman–Crippen MR) is 49.9 cm³/mol. The molecule has 2 fully saturated rings. The number of hydrogen-bond acceptors (Lipinski definition) is 11. The average molecular weight is 310 g/mol. The number of Topliss-reactive ketones (excluding diaryl/α,β-unsaturated/α-hetero) is 1. The number of aliphatic carboxylic acids is 1. The Hall–Kier alpha value is -2.59. The summed E-state index contributed by atoms with van der Waals surface area (Å²) >= 11 is 0. The summed E-state index contributed by atoms with van der Waals surface area (Å²) < 4.78 is 21.5. The number of hydrogen-bond donors (Lipinski definition) is 1. The molecule has 13 heteroatoms. The summed E-state index contributed by atoms with van der Waals surface area (Å²) in [5.41, 5.74) is 0. The number of ketones is 1. The standard InChI is InChI=1S/C7H3O12P/c8-2(3(9)10)1-15-20(16-4(11)5(12)17-20)18-6(13)7(14)19-20/h1H2,(H,9,10). The third-order valence-corrected chi connectivity index (χ3v) is 4.31. The van der Waals surface area contributed by atoms with E-state index in [1.807, 2.05) is 0 Å². The van der Waals surface area contributed by atoms with Crippen molar-refractivity contribution in [2.24, 2.45) is 0 Å². The van der Waals surface area contributed by atoms with Gasteiger partial charge in [0.1, 0.15) is 0 Å². The van der Waals surface area contributed by atoms with Gasteiger partial charge in [-0.3, -0.25) is 0 Å². The second kappa shape index (κ2) is 3.95. The molecule has 2 rings (SSSR count). The Labute approximate surface area is 107 Å². The molecule has 20 heavy (non-hydrogen) atoms. The van der Waals surface area contributed by atoms with E-state index in [-0.39, 0.29) is 0 Å². The Kier molecular flexibility index (Phi) is 2.73. The van der Waals surface area contributed by atoms with Crippen LogP contribution in [0.15, 0.2) is 0 Å². The van der Waals surface area contributed by atoms with E-state index in [0.29, 0.717) is 0 Å². The van der Waals surface area contributed by atoms with Crippen molar-refractivity contribution in [3.05, 3.63) is 0 Å². The molecule has 0 atom stereocenters. The molecule has 1 N–H and O–H groups in total. The van der Waals surface area contributed by atoms with Crippen LogP contribution in [0.5, 0.6) is 0 Å². The Bertz CT molecular complexity index is 513. The summed E-state index contributed by atoms with van der Waals surface area (Å²) in [5.74, 6) is -10.3. The Morgan fingerprint density at radius 2 is 1.25 bits per heavy atom. The molecule has 108 valence electrons. The summed E-state index contributed by atoms with van der Waals surface area (Å²) in [6, 6.07) is 0. The monoisotopic (exact) mass is 310 g/mol. The van der Waals surface area contributed by atoms with Crippen LogP contribution in [0.1, 0.15) is 0 Å². The quantitative estimate of drug-likeness (QED) is 0.447. The maximum atomic E-state index is 11.0. The zero-order valence-corrected chi connectivity index (χ0v) is 9.99. The molecule has 0 unspecified atom stereocenters. The van der Waals surface area contributed by atoms with Crippen LogP contribution < -0.4 is 0 Å². The molecular formula is C7H3O12P. The molecule has 2 saturated heterocycles. The van der Waals surface area contributed by atoms with Gasteiger partial charge in [-0.1, -0.05) is 0 Å². The van der Waals surface area contributed by atoms with Gasteiger partial charge in [-0.2, -0.15) is 0 Å². The van der Waals surface area contributed by atoms with Gasteiger partial charge in [-0.15, -0.1) is 0 Å². The second-order valence-corrected chi connectivity index (χ2v) is 5.74. The van der Waals surface area contributed by atoms with Crippen LogP contribution >= 0.6 is 7.74 Å². The molecule has 0 aliphatic carbocycles. The number of carbonyl (C=O) groups is 6. The van der Waals surface area contributed by atoms with Gasteiger partial charge in [0, 0.05) is 0 Å². The SMILES string of the molecule is O=C(O)C(=O)COP12(OC(=O)C(=O)O1)OC(=O)C(=O)O2. The molecule has 12 nitrogen and oxygen atoms in total. The van der Waals surface area contributed by atoms with Crippen LogP contribution in [0.2, 0.25) is 0 Å². The van der Waals surface area contributed by atoms with E-state index in [9.17, 15) is 28.8 Å². The Balaban J connectivity index is 2.32. The average Bonchev–Trinajstić information content (AvgIpc) is 2.72. The zero-order valence-electron chi connectivity index (χ0n) is 9.09. The fraction of sp³-hybridized carbons (Fsp3) is 0.143. The molecule has 0 aromatic carbocycles. The van der Waals surface area contributed by atoms with E-state index in [1.54, 1.807) is 0 Å². The van der Waals surface area contributed by atoms with E-state index < -0.39 is 50.0 Å². The summed E-state index contributed by atoms with van der Waals surface area (Å²) in [5, 5.41) is 8.35. The van der Waals surface area contributed by atoms with Crippen molar-refractivity contribution in [1.29, 1.82) is 0 Å². The van der Waals surface area contributed by atoms with Crippen LogP contribution in [0.25, 0.3) is 0 Å². The molecule has 0 radical (unpaired) electrons. The minimum absolute atomic E-state index is 1.34. The van der Waals surface area contributed by atoms with Gasteiger partial charge in [0.15, 0.2) is 0 Å². The first-order valence-electron chi connectivity index (χ1n) is 4.57. The number of carboxylic acids is 1. The van der Waals surface area contributed by atoms with Crippen molar-refractivity contribution >= 4 is 43.4 Å². The van der Waals surface area contributed by atoms with Gasteiger partial charge in [-0.05, 0) is 0 Å². The van der Waals surface area contributed by atoms with Crippen molar-refractivity contribution in [2.75, 3.05) is 6.61 Å². The number of rotatable bonds is 4. The molecule has 0 bridgehead atoms. The van der Waals surface area contributed by atoms with E-state index in [1.165, 1.54) is 0 Å². The molecule has 2 heterocycles. The molecule has 0 aromatic rings. The molecule has 2 aliphatic rings. The van der Waals surface area contributed by atoms with Gasteiger partial charge in [0.05, 0.1) is 0 Å². The zero-order chi connectivity index (χ0) is 15.2. The number of carbonyl (C=O) groups excluding carboxylic acids is 5. The fourth-order valence-corrected chi connectivity index (χ4v) is 3.28.